The van der Waals surface area contributed by atoms with E-state index in [4.69, 9.17) is 0 Å². The van der Waals surface area contributed by atoms with Gasteiger partial charge in [-0.15, -0.1) is 0 Å². The second-order valence-corrected chi connectivity index (χ2v) is 7.67. The number of aliphatic carboxylic acids is 1. The molecule has 1 aliphatic heterocycles. The summed E-state index contributed by atoms with van der Waals surface area (Å²) in [6, 6.07) is 2.58. The summed E-state index contributed by atoms with van der Waals surface area (Å²) in [4.78, 5) is 61.3. The molecule has 180 valence electrons. The van der Waals surface area contributed by atoms with E-state index < -0.39 is 60.9 Å². The number of phenolic OH excluding ortho intramolecular Hbond substituents is 1. The van der Waals surface area contributed by atoms with Crippen LogP contribution in [-0.2, 0) is 30.4 Å². The molecule has 12 heteroatoms. The van der Waals surface area contributed by atoms with Crippen molar-refractivity contribution in [2.75, 3.05) is 19.7 Å². The molecule has 0 unspecified atom stereocenters. The number of benzene rings is 1. The number of carbonyl (C=O) groups is 5. The summed E-state index contributed by atoms with van der Waals surface area (Å²) in [7, 11) is 0. The Balaban J connectivity index is 1.91. The quantitative estimate of drug-likeness (QED) is 0.232. The van der Waals surface area contributed by atoms with Gasteiger partial charge in [-0.3, -0.25) is 19.2 Å². The first-order valence-electron chi connectivity index (χ1n) is 10.4. The standard InChI is InChI=1S/C21H28N4O8/c1-12(27)23-16(11-26)20(31)25-8-2-3-17(25)19(30)22-10-18(29)24-15(21(32)33)9-13-4-6-14(28)7-5-13/h4-7,15-17,26,28H,2-3,8-11H2,1H3,(H,22,30)(H,23,27)(H,24,29)(H,32,33)/t15-,16-,17-/m0/s1. The monoisotopic (exact) mass is 464 g/mol. The van der Waals surface area contributed by atoms with E-state index in [0.717, 1.165) is 0 Å². The molecule has 1 saturated heterocycles. The van der Waals surface area contributed by atoms with Crippen molar-refractivity contribution in [3.05, 3.63) is 29.8 Å². The molecule has 1 fully saturated rings. The van der Waals surface area contributed by atoms with Crippen LogP contribution in [0.15, 0.2) is 24.3 Å². The Labute approximate surface area is 189 Å². The number of likely N-dealkylation sites (tertiary alicyclic amines) is 1. The number of hydrogen-bond acceptors (Lipinski definition) is 7. The van der Waals surface area contributed by atoms with Gasteiger partial charge in [-0.05, 0) is 30.5 Å². The number of aromatic hydroxyl groups is 1. The summed E-state index contributed by atoms with van der Waals surface area (Å²) in [5.74, 6) is -3.66. The van der Waals surface area contributed by atoms with Gasteiger partial charge in [0.1, 0.15) is 23.9 Å². The molecule has 12 nitrogen and oxygen atoms in total. The van der Waals surface area contributed by atoms with Gasteiger partial charge in [0.05, 0.1) is 13.2 Å². The zero-order valence-electron chi connectivity index (χ0n) is 18.1. The maximum atomic E-state index is 12.6. The lowest BCUT2D eigenvalue weighted by Crippen LogP contribution is -2.55. The third kappa shape index (κ3) is 7.45. The minimum atomic E-state index is -1.26. The molecule has 3 atom stereocenters. The van der Waals surface area contributed by atoms with E-state index >= 15 is 0 Å². The van der Waals surface area contributed by atoms with Crippen LogP contribution >= 0.6 is 0 Å². The highest BCUT2D eigenvalue weighted by molar-refractivity contribution is 5.94. The number of aliphatic hydroxyl groups excluding tert-OH is 1. The largest absolute Gasteiger partial charge is 0.508 e. The number of amides is 4. The highest BCUT2D eigenvalue weighted by atomic mass is 16.4. The van der Waals surface area contributed by atoms with Gasteiger partial charge in [0.2, 0.25) is 23.6 Å². The van der Waals surface area contributed by atoms with Crippen molar-refractivity contribution in [2.24, 2.45) is 0 Å². The van der Waals surface area contributed by atoms with E-state index in [2.05, 4.69) is 16.0 Å². The Hall–Kier alpha value is -3.67. The Morgan fingerprint density at radius 2 is 1.76 bits per heavy atom. The third-order valence-electron chi connectivity index (χ3n) is 5.13. The van der Waals surface area contributed by atoms with Crippen molar-refractivity contribution in [3.63, 3.8) is 0 Å². The van der Waals surface area contributed by atoms with Gasteiger partial charge in [-0.1, -0.05) is 12.1 Å². The van der Waals surface area contributed by atoms with E-state index in [0.29, 0.717) is 18.4 Å². The normalized spacial score (nSPS) is 17.0. The molecule has 0 aliphatic carbocycles. The number of phenols is 1. The topological polar surface area (TPSA) is 185 Å². The number of rotatable bonds is 10. The summed E-state index contributed by atoms with van der Waals surface area (Å²) in [5, 5.41) is 35.1. The fraction of sp³-hybridized carbons (Fsp3) is 0.476. The number of nitrogens with one attached hydrogen (secondary N) is 3. The van der Waals surface area contributed by atoms with Crippen LogP contribution in [0.2, 0.25) is 0 Å². The van der Waals surface area contributed by atoms with E-state index in [1.165, 1.54) is 36.1 Å². The minimum absolute atomic E-state index is 0.0219. The SMILES string of the molecule is CC(=O)N[C@@H](CO)C(=O)N1CCC[C@H]1C(=O)NCC(=O)N[C@@H](Cc1ccc(O)cc1)C(=O)O. The van der Waals surface area contributed by atoms with Gasteiger partial charge < -0.3 is 36.2 Å². The fourth-order valence-electron chi connectivity index (χ4n) is 3.53. The van der Waals surface area contributed by atoms with Crippen molar-refractivity contribution >= 4 is 29.6 Å². The number of carboxylic acids is 1. The molecule has 1 aromatic rings. The lowest BCUT2D eigenvalue weighted by atomic mass is 10.1. The number of hydrogen-bond donors (Lipinski definition) is 6. The molecule has 0 spiro atoms. The molecule has 6 N–H and O–H groups in total. The molecule has 0 saturated carbocycles. The highest BCUT2D eigenvalue weighted by Gasteiger charge is 2.37. The molecule has 1 aliphatic rings. The van der Waals surface area contributed by atoms with Crippen LogP contribution in [0.4, 0.5) is 0 Å². The average molecular weight is 464 g/mol. The van der Waals surface area contributed by atoms with Crippen molar-refractivity contribution < 1.29 is 39.3 Å². The van der Waals surface area contributed by atoms with E-state index in [9.17, 15) is 39.3 Å². The lowest BCUT2D eigenvalue weighted by Gasteiger charge is -2.27. The van der Waals surface area contributed by atoms with Crippen molar-refractivity contribution in [2.45, 2.75) is 44.3 Å². The Kier molecular flexibility index (Phi) is 9.16. The Morgan fingerprint density at radius 3 is 2.33 bits per heavy atom. The minimum Gasteiger partial charge on any atom is -0.508 e. The molecule has 1 heterocycles. The second kappa shape index (κ2) is 11.8. The number of carboxylic acid groups (broad SMARTS) is 1. The van der Waals surface area contributed by atoms with Crippen LogP contribution in [-0.4, -0.2) is 87.6 Å². The molecule has 0 radical (unpaired) electrons. The third-order valence-corrected chi connectivity index (χ3v) is 5.13. The maximum absolute atomic E-state index is 12.6. The van der Waals surface area contributed by atoms with Crippen LogP contribution in [0.5, 0.6) is 5.75 Å². The molecular weight excluding hydrogens is 436 g/mol. The number of nitrogens with zero attached hydrogens (tertiary/aromatic N) is 1. The van der Waals surface area contributed by atoms with Gasteiger partial charge in [0, 0.05) is 19.9 Å². The van der Waals surface area contributed by atoms with Gasteiger partial charge in [-0.25, -0.2) is 4.79 Å². The molecule has 1 aromatic carbocycles. The molecule has 2 rings (SSSR count). The summed E-state index contributed by atoms with van der Waals surface area (Å²) >= 11 is 0. The zero-order valence-corrected chi connectivity index (χ0v) is 18.1. The van der Waals surface area contributed by atoms with Crippen LogP contribution in [0, 0.1) is 0 Å². The van der Waals surface area contributed by atoms with Gasteiger partial charge in [-0.2, -0.15) is 0 Å². The van der Waals surface area contributed by atoms with Gasteiger partial charge >= 0.3 is 5.97 Å². The zero-order chi connectivity index (χ0) is 24.5. The van der Waals surface area contributed by atoms with Crippen LogP contribution in [0.3, 0.4) is 0 Å². The summed E-state index contributed by atoms with van der Waals surface area (Å²) in [5.41, 5.74) is 0.585. The smallest absolute Gasteiger partial charge is 0.326 e. The lowest BCUT2D eigenvalue weighted by molar-refractivity contribution is -0.143. The van der Waals surface area contributed by atoms with Crippen molar-refractivity contribution in [3.8, 4) is 5.75 Å². The van der Waals surface area contributed by atoms with Crippen LogP contribution in [0.1, 0.15) is 25.3 Å². The van der Waals surface area contributed by atoms with Crippen LogP contribution in [0.25, 0.3) is 0 Å². The average Bonchev–Trinajstić information content (AvgIpc) is 3.26. The molecule has 0 aromatic heterocycles. The van der Waals surface area contributed by atoms with Crippen LogP contribution < -0.4 is 16.0 Å². The van der Waals surface area contributed by atoms with Gasteiger partial charge in [0.15, 0.2) is 0 Å². The van der Waals surface area contributed by atoms with Crippen molar-refractivity contribution in [1.82, 2.24) is 20.9 Å². The fourth-order valence-corrected chi connectivity index (χ4v) is 3.53. The summed E-state index contributed by atoms with van der Waals surface area (Å²) < 4.78 is 0. The Morgan fingerprint density at radius 1 is 1.09 bits per heavy atom. The maximum Gasteiger partial charge on any atom is 0.326 e. The predicted molar refractivity (Wildman–Crippen MR) is 114 cm³/mol. The molecular formula is C21H28N4O8. The molecule has 4 amide bonds. The summed E-state index contributed by atoms with van der Waals surface area (Å²) in [6.45, 7) is 0.344. The summed E-state index contributed by atoms with van der Waals surface area (Å²) in [6.07, 6.45) is 0.851. The van der Waals surface area contributed by atoms with E-state index in [-0.39, 0.29) is 18.7 Å². The molecule has 33 heavy (non-hydrogen) atoms. The van der Waals surface area contributed by atoms with Gasteiger partial charge in [0.25, 0.3) is 0 Å². The number of aliphatic hydroxyl groups is 1. The van der Waals surface area contributed by atoms with Crippen molar-refractivity contribution in [1.29, 1.82) is 0 Å². The first-order valence-corrected chi connectivity index (χ1v) is 10.4. The number of carbonyl (C=O) groups excluding carboxylic acids is 4. The second-order valence-electron chi connectivity index (χ2n) is 7.67. The predicted octanol–water partition coefficient (Wildman–Crippen LogP) is -1.89. The molecule has 0 bridgehead atoms. The first-order chi connectivity index (χ1) is 15.6. The van der Waals surface area contributed by atoms with E-state index in [1.54, 1.807) is 0 Å². The first kappa shape index (κ1) is 25.6. The highest BCUT2D eigenvalue weighted by Crippen LogP contribution is 2.18. The van der Waals surface area contributed by atoms with E-state index in [1.807, 2.05) is 0 Å². The Bertz CT molecular complexity index is 889.